The van der Waals surface area contributed by atoms with E-state index in [0.717, 1.165) is 60.3 Å². The lowest BCUT2D eigenvalue weighted by Crippen LogP contribution is -2.36. The molecule has 0 bridgehead atoms. The number of hydrogen-bond acceptors (Lipinski definition) is 8. The van der Waals surface area contributed by atoms with E-state index >= 15 is 0 Å². The minimum Gasteiger partial charge on any atom is -0.379 e. The summed E-state index contributed by atoms with van der Waals surface area (Å²) in [6.45, 7) is 4.81. The Morgan fingerprint density at radius 2 is 1.88 bits per heavy atom. The predicted octanol–water partition coefficient (Wildman–Crippen LogP) is 5.52. The molecule has 32 heavy (non-hydrogen) atoms. The number of fused-ring (bicyclic) bond motifs is 1. The Kier molecular flexibility index (Phi) is 10.6. The van der Waals surface area contributed by atoms with Crippen molar-refractivity contribution in [2.75, 3.05) is 31.6 Å². The van der Waals surface area contributed by atoms with Crippen molar-refractivity contribution in [2.45, 2.75) is 13.1 Å². The van der Waals surface area contributed by atoms with E-state index in [1.54, 1.807) is 28.9 Å². The summed E-state index contributed by atoms with van der Waals surface area (Å²) in [5.74, 6) is 1.75. The van der Waals surface area contributed by atoms with E-state index in [9.17, 15) is 0 Å². The predicted molar refractivity (Wildman–Crippen MR) is 140 cm³/mol. The van der Waals surface area contributed by atoms with E-state index in [1.807, 2.05) is 12.3 Å². The van der Waals surface area contributed by atoms with Crippen molar-refractivity contribution in [3.63, 3.8) is 0 Å². The van der Waals surface area contributed by atoms with Crippen molar-refractivity contribution in [3.05, 3.63) is 58.8 Å². The number of thiophene rings is 2. The number of anilines is 1. The van der Waals surface area contributed by atoms with Crippen LogP contribution in [0.15, 0.2) is 47.4 Å². The van der Waals surface area contributed by atoms with Crippen molar-refractivity contribution in [1.82, 2.24) is 19.9 Å². The molecule has 1 fully saturated rings. The van der Waals surface area contributed by atoms with Gasteiger partial charge in [0.25, 0.3) is 0 Å². The van der Waals surface area contributed by atoms with Crippen LogP contribution in [0.5, 0.6) is 0 Å². The number of morpholine rings is 1. The summed E-state index contributed by atoms with van der Waals surface area (Å²) >= 11 is 3.43. The van der Waals surface area contributed by atoms with Crippen LogP contribution in [0.25, 0.3) is 20.7 Å². The van der Waals surface area contributed by atoms with Crippen molar-refractivity contribution in [2.24, 2.45) is 0 Å². The van der Waals surface area contributed by atoms with Crippen LogP contribution >= 0.6 is 59.9 Å². The van der Waals surface area contributed by atoms with Gasteiger partial charge in [-0.15, -0.1) is 59.9 Å². The molecule has 0 saturated carbocycles. The Morgan fingerprint density at radius 3 is 2.59 bits per heavy atom. The quantitative estimate of drug-likeness (QED) is 0.352. The number of hydrogen-bond donors (Lipinski definition) is 1. The number of halogens is 3. The van der Waals surface area contributed by atoms with Gasteiger partial charge in [0.1, 0.15) is 16.5 Å². The van der Waals surface area contributed by atoms with E-state index in [0.29, 0.717) is 6.54 Å². The minimum absolute atomic E-state index is 0. The second-order valence-corrected chi connectivity index (χ2v) is 8.70. The average Bonchev–Trinajstić information content (AvgIpc) is 3.43. The molecule has 11 heteroatoms. The van der Waals surface area contributed by atoms with E-state index < -0.39 is 0 Å². The first-order valence-electron chi connectivity index (χ1n) is 9.62. The molecule has 5 heterocycles. The molecule has 4 aromatic rings. The van der Waals surface area contributed by atoms with E-state index in [1.165, 1.54) is 10.4 Å². The summed E-state index contributed by atoms with van der Waals surface area (Å²) in [6, 6.07) is 8.26. The number of aromatic nitrogens is 3. The fourth-order valence-corrected chi connectivity index (χ4v) is 5.23. The lowest BCUT2D eigenvalue weighted by Gasteiger charge is -2.25. The molecular weight excluding hydrogens is 509 g/mol. The molecule has 0 aliphatic carbocycles. The SMILES string of the molecule is Cl.Cl.Cl.c1cncc(CNc2nc(CN3CCOCC3)nc3scc(-c4cccs4)c23)c1. The molecule has 1 saturated heterocycles. The summed E-state index contributed by atoms with van der Waals surface area (Å²) < 4.78 is 5.47. The highest BCUT2D eigenvalue weighted by Gasteiger charge is 2.18. The van der Waals surface area contributed by atoms with Gasteiger partial charge < -0.3 is 10.1 Å². The lowest BCUT2D eigenvalue weighted by atomic mass is 10.2. The van der Waals surface area contributed by atoms with Gasteiger partial charge in [0.15, 0.2) is 0 Å². The van der Waals surface area contributed by atoms with Crippen molar-refractivity contribution >= 4 is 75.9 Å². The van der Waals surface area contributed by atoms with Crippen LogP contribution in [0.3, 0.4) is 0 Å². The smallest absolute Gasteiger partial charge is 0.146 e. The molecule has 5 rings (SSSR count). The molecule has 1 aliphatic heterocycles. The first-order valence-corrected chi connectivity index (χ1v) is 11.4. The zero-order chi connectivity index (χ0) is 19.5. The third-order valence-electron chi connectivity index (χ3n) is 4.92. The van der Waals surface area contributed by atoms with Gasteiger partial charge >= 0.3 is 0 Å². The van der Waals surface area contributed by atoms with Gasteiger partial charge in [-0.1, -0.05) is 12.1 Å². The molecule has 0 radical (unpaired) electrons. The van der Waals surface area contributed by atoms with Gasteiger partial charge in [0.2, 0.25) is 0 Å². The second-order valence-electron chi connectivity index (χ2n) is 6.90. The maximum absolute atomic E-state index is 5.47. The Balaban J connectivity index is 0.00000121. The summed E-state index contributed by atoms with van der Waals surface area (Å²) in [5.41, 5.74) is 2.33. The van der Waals surface area contributed by atoms with Crippen LogP contribution in [0, 0.1) is 0 Å². The Morgan fingerprint density at radius 1 is 1.03 bits per heavy atom. The topological polar surface area (TPSA) is 63.2 Å². The van der Waals surface area contributed by atoms with Crippen LogP contribution in [0.1, 0.15) is 11.4 Å². The van der Waals surface area contributed by atoms with E-state index in [2.05, 4.69) is 44.2 Å². The highest BCUT2D eigenvalue weighted by atomic mass is 35.5. The highest BCUT2D eigenvalue weighted by molar-refractivity contribution is 7.18. The third kappa shape index (κ3) is 6.08. The maximum atomic E-state index is 5.47. The molecule has 0 amide bonds. The monoisotopic (exact) mass is 531 g/mol. The molecule has 172 valence electrons. The van der Waals surface area contributed by atoms with Crippen LogP contribution in [-0.2, 0) is 17.8 Å². The van der Waals surface area contributed by atoms with Crippen molar-refractivity contribution in [1.29, 1.82) is 0 Å². The van der Waals surface area contributed by atoms with Gasteiger partial charge in [0.05, 0.1) is 25.1 Å². The molecule has 6 nitrogen and oxygen atoms in total. The van der Waals surface area contributed by atoms with Gasteiger partial charge in [-0.05, 0) is 23.1 Å². The molecule has 0 unspecified atom stereocenters. The largest absolute Gasteiger partial charge is 0.379 e. The summed E-state index contributed by atoms with van der Waals surface area (Å²) in [7, 11) is 0. The standard InChI is InChI=1S/C21H21N5OS2.3ClH/c1-3-15(11-22-5-1)12-23-20-19-16(17-4-2-10-28-17)14-29-21(19)25-18(24-20)13-26-6-8-27-9-7-26;;;/h1-5,10-11,14H,6-9,12-13H2,(H,23,24,25);3*1H. The fourth-order valence-electron chi connectivity index (χ4n) is 3.45. The number of ether oxygens (including phenoxy) is 1. The molecule has 0 atom stereocenters. The third-order valence-corrected chi connectivity index (χ3v) is 6.69. The normalized spacial score (nSPS) is 13.6. The first-order chi connectivity index (χ1) is 14.4. The summed E-state index contributed by atoms with van der Waals surface area (Å²) in [6.07, 6.45) is 3.68. The van der Waals surface area contributed by atoms with E-state index in [-0.39, 0.29) is 37.2 Å². The molecule has 0 aromatic carbocycles. The fraction of sp³-hybridized carbons (Fsp3) is 0.286. The van der Waals surface area contributed by atoms with Crippen molar-refractivity contribution < 1.29 is 4.74 Å². The van der Waals surface area contributed by atoms with Crippen LogP contribution in [0.2, 0.25) is 0 Å². The van der Waals surface area contributed by atoms with Crippen molar-refractivity contribution in [3.8, 4) is 10.4 Å². The Labute approximate surface area is 213 Å². The molecule has 1 aliphatic rings. The lowest BCUT2D eigenvalue weighted by molar-refractivity contribution is 0.0331. The highest BCUT2D eigenvalue weighted by Crippen LogP contribution is 2.39. The van der Waals surface area contributed by atoms with Crippen LogP contribution < -0.4 is 5.32 Å². The molecule has 0 spiro atoms. The van der Waals surface area contributed by atoms with Gasteiger partial charge in [-0.2, -0.15) is 0 Å². The number of nitrogens with one attached hydrogen (secondary N) is 1. The Hall–Kier alpha value is -1.52. The van der Waals surface area contributed by atoms with E-state index in [4.69, 9.17) is 14.7 Å². The second kappa shape index (κ2) is 12.6. The number of pyridine rings is 1. The number of nitrogens with zero attached hydrogens (tertiary/aromatic N) is 4. The number of rotatable bonds is 6. The zero-order valence-corrected chi connectivity index (χ0v) is 21.2. The van der Waals surface area contributed by atoms with Crippen LogP contribution in [-0.4, -0.2) is 46.2 Å². The van der Waals surface area contributed by atoms with Crippen LogP contribution in [0.4, 0.5) is 5.82 Å². The molecule has 4 aromatic heterocycles. The van der Waals surface area contributed by atoms with Gasteiger partial charge in [-0.3, -0.25) is 9.88 Å². The first kappa shape index (κ1) is 26.7. The summed E-state index contributed by atoms with van der Waals surface area (Å²) in [5, 5.41) is 8.95. The van der Waals surface area contributed by atoms with Gasteiger partial charge in [0, 0.05) is 47.8 Å². The maximum Gasteiger partial charge on any atom is 0.146 e. The minimum atomic E-state index is 0. The summed E-state index contributed by atoms with van der Waals surface area (Å²) in [4.78, 5) is 18.7. The molecular formula is C21H24Cl3N5OS2. The average molecular weight is 533 g/mol. The Bertz CT molecular complexity index is 1090. The zero-order valence-electron chi connectivity index (χ0n) is 17.1. The molecule has 1 N–H and O–H groups in total. The van der Waals surface area contributed by atoms with Gasteiger partial charge in [-0.25, -0.2) is 9.97 Å².